The lowest BCUT2D eigenvalue weighted by molar-refractivity contribution is 0.723. The van der Waals surface area contributed by atoms with Crippen LogP contribution >= 0.6 is 0 Å². The fourth-order valence-corrected chi connectivity index (χ4v) is 2.42. The second kappa shape index (κ2) is 7.11. The van der Waals surface area contributed by atoms with Crippen LogP contribution in [0.1, 0.15) is 23.6 Å². The zero-order chi connectivity index (χ0) is 14.4. The molecule has 0 aliphatic carbocycles. The molecule has 0 aromatic heterocycles. The van der Waals surface area contributed by atoms with E-state index in [1.807, 2.05) is 0 Å². The van der Waals surface area contributed by atoms with Gasteiger partial charge in [-0.25, -0.2) is 0 Å². The van der Waals surface area contributed by atoms with E-state index in [0.717, 1.165) is 19.6 Å². The first-order valence-electron chi connectivity index (χ1n) is 7.26. The van der Waals surface area contributed by atoms with E-state index in [0.29, 0.717) is 0 Å². The molecule has 0 bridgehead atoms. The summed E-state index contributed by atoms with van der Waals surface area (Å²) in [5.41, 5.74) is 5.39. The molecule has 0 atom stereocenters. The lowest BCUT2D eigenvalue weighted by Gasteiger charge is -2.23. The Bertz CT molecular complexity index is 549. The zero-order valence-corrected chi connectivity index (χ0v) is 12.7. The summed E-state index contributed by atoms with van der Waals surface area (Å²) in [5.74, 6) is 0. The van der Waals surface area contributed by atoms with Crippen LogP contribution in [0, 0.1) is 6.92 Å². The van der Waals surface area contributed by atoms with Crippen molar-refractivity contribution >= 4 is 5.69 Å². The van der Waals surface area contributed by atoms with E-state index in [4.69, 9.17) is 0 Å². The molecule has 2 rings (SSSR count). The van der Waals surface area contributed by atoms with Crippen LogP contribution in [-0.4, -0.2) is 13.6 Å². The maximum Gasteiger partial charge on any atom is 0.0428 e. The third kappa shape index (κ3) is 3.61. The zero-order valence-electron chi connectivity index (χ0n) is 12.7. The Morgan fingerprint density at radius 3 is 2.30 bits per heavy atom. The van der Waals surface area contributed by atoms with Crippen molar-refractivity contribution in [3.63, 3.8) is 0 Å². The van der Waals surface area contributed by atoms with Gasteiger partial charge in [-0.1, -0.05) is 49.4 Å². The van der Waals surface area contributed by atoms with Crippen molar-refractivity contribution in [3.8, 4) is 0 Å². The van der Waals surface area contributed by atoms with Gasteiger partial charge in [0.1, 0.15) is 0 Å². The van der Waals surface area contributed by atoms with Crippen molar-refractivity contribution in [3.05, 3.63) is 65.2 Å². The summed E-state index contributed by atoms with van der Waals surface area (Å²) in [4.78, 5) is 2.33. The molecule has 0 unspecified atom stereocenters. The number of anilines is 1. The van der Waals surface area contributed by atoms with Gasteiger partial charge in [0.05, 0.1) is 0 Å². The Morgan fingerprint density at radius 2 is 1.60 bits per heavy atom. The molecule has 2 nitrogen and oxygen atoms in total. The van der Waals surface area contributed by atoms with Gasteiger partial charge in [0.25, 0.3) is 0 Å². The van der Waals surface area contributed by atoms with Crippen LogP contribution in [0.3, 0.4) is 0 Å². The van der Waals surface area contributed by atoms with Crippen molar-refractivity contribution < 1.29 is 0 Å². The molecule has 106 valence electrons. The first-order chi connectivity index (χ1) is 9.72. The number of hydrogen-bond acceptors (Lipinski definition) is 2. The molecule has 0 heterocycles. The molecule has 0 aliphatic heterocycles. The van der Waals surface area contributed by atoms with Gasteiger partial charge in [0.15, 0.2) is 0 Å². The monoisotopic (exact) mass is 268 g/mol. The Labute approximate surface area is 122 Å². The number of para-hydroxylation sites is 1. The predicted molar refractivity (Wildman–Crippen MR) is 87.1 cm³/mol. The molecule has 0 fully saturated rings. The molecule has 20 heavy (non-hydrogen) atoms. The number of aryl methyl sites for hydroxylation is 1. The Kier molecular flexibility index (Phi) is 5.19. The molecule has 0 amide bonds. The molecule has 0 saturated carbocycles. The van der Waals surface area contributed by atoms with Crippen LogP contribution in [0.5, 0.6) is 0 Å². The van der Waals surface area contributed by atoms with Crippen molar-refractivity contribution in [1.29, 1.82) is 0 Å². The SMILES string of the molecule is CCNCc1ccccc1N(C)Cc1ccccc1C. The van der Waals surface area contributed by atoms with Crippen molar-refractivity contribution in [2.45, 2.75) is 26.9 Å². The summed E-state index contributed by atoms with van der Waals surface area (Å²) in [6.45, 7) is 7.17. The fourth-order valence-electron chi connectivity index (χ4n) is 2.42. The Hall–Kier alpha value is -1.80. The fraction of sp³-hybridized carbons (Fsp3) is 0.333. The van der Waals surface area contributed by atoms with E-state index in [9.17, 15) is 0 Å². The van der Waals surface area contributed by atoms with Gasteiger partial charge in [-0.15, -0.1) is 0 Å². The van der Waals surface area contributed by atoms with Crippen LogP contribution in [0.15, 0.2) is 48.5 Å². The minimum absolute atomic E-state index is 0.921. The summed E-state index contributed by atoms with van der Waals surface area (Å²) in [6.07, 6.45) is 0. The summed E-state index contributed by atoms with van der Waals surface area (Å²) >= 11 is 0. The predicted octanol–water partition coefficient (Wildman–Crippen LogP) is 3.74. The number of nitrogens with zero attached hydrogens (tertiary/aromatic N) is 1. The molecule has 2 heteroatoms. The molecular weight excluding hydrogens is 244 g/mol. The summed E-state index contributed by atoms with van der Waals surface area (Å²) in [7, 11) is 2.16. The van der Waals surface area contributed by atoms with E-state index in [1.54, 1.807) is 0 Å². The first kappa shape index (κ1) is 14.6. The van der Waals surface area contributed by atoms with Crippen molar-refractivity contribution in [2.75, 3.05) is 18.5 Å². The highest BCUT2D eigenvalue weighted by Crippen LogP contribution is 2.21. The highest BCUT2D eigenvalue weighted by Gasteiger charge is 2.08. The maximum atomic E-state index is 3.41. The van der Waals surface area contributed by atoms with E-state index in [1.165, 1.54) is 22.4 Å². The van der Waals surface area contributed by atoms with E-state index < -0.39 is 0 Å². The Morgan fingerprint density at radius 1 is 0.950 bits per heavy atom. The normalized spacial score (nSPS) is 10.6. The van der Waals surface area contributed by atoms with Crippen LogP contribution in [0.25, 0.3) is 0 Å². The largest absolute Gasteiger partial charge is 0.370 e. The minimum Gasteiger partial charge on any atom is -0.370 e. The molecule has 0 aliphatic rings. The lowest BCUT2D eigenvalue weighted by Crippen LogP contribution is -2.21. The van der Waals surface area contributed by atoms with Gasteiger partial charge in [-0.05, 0) is 36.2 Å². The minimum atomic E-state index is 0.921. The highest BCUT2D eigenvalue weighted by molar-refractivity contribution is 5.53. The maximum absolute atomic E-state index is 3.41. The smallest absolute Gasteiger partial charge is 0.0428 e. The van der Waals surface area contributed by atoms with Crippen LogP contribution in [0.4, 0.5) is 5.69 Å². The number of benzene rings is 2. The summed E-state index contributed by atoms with van der Waals surface area (Å²) in [5, 5.41) is 3.41. The number of hydrogen-bond donors (Lipinski definition) is 1. The van der Waals surface area contributed by atoms with Gasteiger partial charge in [-0.3, -0.25) is 0 Å². The first-order valence-corrected chi connectivity index (χ1v) is 7.26. The topological polar surface area (TPSA) is 15.3 Å². The van der Waals surface area contributed by atoms with Gasteiger partial charge < -0.3 is 10.2 Å². The molecule has 0 saturated heterocycles. The van der Waals surface area contributed by atoms with Crippen molar-refractivity contribution in [1.82, 2.24) is 5.32 Å². The van der Waals surface area contributed by atoms with Crippen molar-refractivity contribution in [2.24, 2.45) is 0 Å². The van der Waals surface area contributed by atoms with E-state index >= 15 is 0 Å². The molecule has 1 N–H and O–H groups in total. The second-order valence-electron chi connectivity index (χ2n) is 5.19. The lowest BCUT2D eigenvalue weighted by atomic mass is 10.1. The van der Waals surface area contributed by atoms with Gasteiger partial charge in [0.2, 0.25) is 0 Å². The quantitative estimate of drug-likeness (QED) is 0.858. The van der Waals surface area contributed by atoms with Crippen LogP contribution in [-0.2, 0) is 13.1 Å². The third-order valence-electron chi connectivity index (χ3n) is 3.64. The van der Waals surface area contributed by atoms with E-state index in [2.05, 4.69) is 79.6 Å². The highest BCUT2D eigenvalue weighted by atomic mass is 15.1. The molecule has 2 aromatic carbocycles. The molecular formula is C18H24N2. The summed E-state index contributed by atoms with van der Waals surface area (Å²) < 4.78 is 0. The van der Waals surface area contributed by atoms with Crippen LogP contribution in [0.2, 0.25) is 0 Å². The van der Waals surface area contributed by atoms with E-state index in [-0.39, 0.29) is 0 Å². The van der Waals surface area contributed by atoms with Crippen LogP contribution < -0.4 is 10.2 Å². The summed E-state index contributed by atoms with van der Waals surface area (Å²) in [6, 6.07) is 17.2. The number of rotatable bonds is 6. The van der Waals surface area contributed by atoms with Gasteiger partial charge >= 0.3 is 0 Å². The second-order valence-corrected chi connectivity index (χ2v) is 5.19. The number of nitrogens with one attached hydrogen (secondary N) is 1. The molecule has 0 radical (unpaired) electrons. The molecule has 2 aromatic rings. The van der Waals surface area contributed by atoms with Gasteiger partial charge in [-0.2, -0.15) is 0 Å². The standard InChI is InChI=1S/C18H24N2/c1-4-19-13-16-10-7-8-12-18(16)20(3)14-17-11-6-5-9-15(17)2/h5-12,19H,4,13-14H2,1-3H3. The Balaban J connectivity index is 2.16. The third-order valence-corrected chi connectivity index (χ3v) is 3.64. The average Bonchev–Trinajstić information content (AvgIpc) is 2.47. The average molecular weight is 268 g/mol. The molecule has 0 spiro atoms. The van der Waals surface area contributed by atoms with Gasteiger partial charge in [0, 0.05) is 25.8 Å².